The van der Waals surface area contributed by atoms with Crippen LogP contribution >= 0.6 is 0 Å². The minimum Gasteiger partial charge on any atom is -0.489 e. The van der Waals surface area contributed by atoms with E-state index in [0.29, 0.717) is 36.0 Å². The second-order valence-corrected chi connectivity index (χ2v) is 10.0. The van der Waals surface area contributed by atoms with Crippen molar-refractivity contribution < 1.29 is 14.3 Å². The molecule has 0 unspecified atom stereocenters. The maximum Gasteiger partial charge on any atom is 0.266 e. The second-order valence-electron chi connectivity index (χ2n) is 10.0. The first kappa shape index (κ1) is 27.3. The van der Waals surface area contributed by atoms with Gasteiger partial charge in [-0.25, -0.2) is 0 Å². The largest absolute Gasteiger partial charge is 0.489 e. The lowest BCUT2D eigenvalue weighted by Crippen LogP contribution is -2.13. The van der Waals surface area contributed by atoms with Gasteiger partial charge in [-0.1, -0.05) is 103 Å². The van der Waals surface area contributed by atoms with E-state index < -0.39 is 5.91 Å². The molecule has 0 aromatic heterocycles. The zero-order valence-corrected chi connectivity index (χ0v) is 23.4. The molecule has 1 N–H and O–H groups in total. The minimum absolute atomic E-state index is 0.0317. The number of rotatable bonds is 9. The molecule has 6 aromatic rings. The molecule has 0 fully saturated rings. The maximum absolute atomic E-state index is 13.2. The zero-order chi connectivity index (χ0) is 29.4. The van der Waals surface area contributed by atoms with Gasteiger partial charge < -0.3 is 14.8 Å². The third-order valence-corrected chi connectivity index (χ3v) is 7.21. The number of benzene rings is 6. The molecule has 6 rings (SSSR count). The Morgan fingerprint density at radius 1 is 0.674 bits per heavy atom. The van der Waals surface area contributed by atoms with Crippen molar-refractivity contribution >= 4 is 39.2 Å². The number of hydrogen-bond donors (Lipinski definition) is 1. The van der Waals surface area contributed by atoms with Crippen molar-refractivity contribution in [1.29, 1.82) is 5.26 Å². The summed E-state index contributed by atoms with van der Waals surface area (Å²) >= 11 is 0. The Balaban J connectivity index is 1.23. The molecule has 0 spiro atoms. The predicted octanol–water partition coefficient (Wildman–Crippen LogP) is 8.70. The molecular formula is C38H28N2O3. The molecule has 208 valence electrons. The van der Waals surface area contributed by atoms with Crippen LogP contribution in [-0.2, 0) is 18.0 Å². The number of carbonyl (C=O) groups excluding carboxylic acids is 1. The molecule has 5 nitrogen and oxygen atoms in total. The maximum atomic E-state index is 13.2. The first-order valence-electron chi connectivity index (χ1n) is 14.0. The summed E-state index contributed by atoms with van der Waals surface area (Å²) in [5.74, 6) is 0.766. The highest BCUT2D eigenvalue weighted by molar-refractivity contribution is 6.11. The highest BCUT2D eigenvalue weighted by Gasteiger charge is 2.15. The number of carbonyl (C=O) groups is 1. The van der Waals surface area contributed by atoms with E-state index in [-0.39, 0.29) is 5.57 Å². The van der Waals surface area contributed by atoms with Crippen LogP contribution in [0.4, 0.5) is 5.69 Å². The van der Waals surface area contributed by atoms with Crippen molar-refractivity contribution in [2.75, 3.05) is 5.32 Å². The van der Waals surface area contributed by atoms with Crippen molar-refractivity contribution in [3.05, 3.63) is 156 Å². The van der Waals surface area contributed by atoms with Gasteiger partial charge in [0.05, 0.1) is 0 Å². The molecule has 0 radical (unpaired) electrons. The molecule has 0 heterocycles. The van der Waals surface area contributed by atoms with Gasteiger partial charge in [0.2, 0.25) is 0 Å². The third kappa shape index (κ3) is 6.40. The third-order valence-electron chi connectivity index (χ3n) is 7.21. The molecule has 0 aliphatic heterocycles. The molecule has 0 atom stereocenters. The summed E-state index contributed by atoms with van der Waals surface area (Å²) in [7, 11) is 0. The van der Waals surface area contributed by atoms with E-state index in [1.807, 2.05) is 91.0 Å². The van der Waals surface area contributed by atoms with Gasteiger partial charge >= 0.3 is 0 Å². The van der Waals surface area contributed by atoms with E-state index in [1.165, 1.54) is 0 Å². The van der Waals surface area contributed by atoms with Crippen molar-refractivity contribution in [2.24, 2.45) is 0 Å². The normalized spacial score (nSPS) is 11.2. The van der Waals surface area contributed by atoms with Crippen LogP contribution in [0, 0.1) is 11.3 Å². The van der Waals surface area contributed by atoms with Crippen LogP contribution in [0.3, 0.4) is 0 Å². The molecular weight excluding hydrogens is 532 g/mol. The summed E-state index contributed by atoms with van der Waals surface area (Å²) < 4.78 is 12.2. The number of nitrogens with zero attached hydrogens (tertiary/aromatic N) is 1. The monoisotopic (exact) mass is 560 g/mol. The van der Waals surface area contributed by atoms with Gasteiger partial charge in [0, 0.05) is 11.3 Å². The topological polar surface area (TPSA) is 71.3 Å². The van der Waals surface area contributed by atoms with Crippen LogP contribution in [0.2, 0.25) is 0 Å². The summed E-state index contributed by atoms with van der Waals surface area (Å²) in [6, 6.07) is 45.1. The van der Waals surface area contributed by atoms with E-state index in [1.54, 1.807) is 30.3 Å². The number of ether oxygens (including phenoxy) is 2. The Morgan fingerprint density at radius 3 is 2.12 bits per heavy atom. The van der Waals surface area contributed by atoms with Gasteiger partial charge in [0.25, 0.3) is 5.91 Å². The van der Waals surface area contributed by atoms with Gasteiger partial charge in [-0.05, 0) is 69.1 Å². The van der Waals surface area contributed by atoms with E-state index in [4.69, 9.17) is 9.47 Å². The number of anilines is 1. The molecule has 5 heteroatoms. The van der Waals surface area contributed by atoms with Crippen LogP contribution < -0.4 is 14.8 Å². The Hall–Kier alpha value is -5.86. The first-order chi connectivity index (χ1) is 21.2. The smallest absolute Gasteiger partial charge is 0.266 e. The highest BCUT2D eigenvalue weighted by Crippen LogP contribution is 2.32. The Bertz CT molecular complexity index is 1970. The lowest BCUT2D eigenvalue weighted by atomic mass is 10.0. The first-order valence-corrected chi connectivity index (χ1v) is 14.0. The molecule has 6 aromatic carbocycles. The molecule has 0 aliphatic rings. The summed E-state index contributed by atoms with van der Waals surface area (Å²) in [6.45, 7) is 0.789. The van der Waals surface area contributed by atoms with Gasteiger partial charge in [0.15, 0.2) is 0 Å². The minimum atomic E-state index is -0.506. The fourth-order valence-electron chi connectivity index (χ4n) is 4.99. The Kier molecular flexibility index (Phi) is 8.11. The van der Waals surface area contributed by atoms with E-state index in [9.17, 15) is 10.1 Å². The van der Waals surface area contributed by atoms with E-state index >= 15 is 0 Å². The number of fused-ring (bicyclic) bond motifs is 2. The number of amides is 1. The molecule has 43 heavy (non-hydrogen) atoms. The quantitative estimate of drug-likeness (QED) is 0.142. The number of nitrogens with one attached hydrogen (secondary N) is 1. The molecule has 0 aliphatic carbocycles. The number of nitriles is 1. The standard InChI is InChI=1S/C38H28N2O3/c39-24-31(38(41)40-32-18-20-33(21-19-32)42-25-27-9-2-1-3-10-27)23-36-35-16-7-5-12-29(35)17-22-37(36)43-26-30-14-8-13-28-11-4-6-15-34(28)30/h1-23H,25-26H2,(H,40,41)/b31-23+. The fourth-order valence-corrected chi connectivity index (χ4v) is 4.99. The van der Waals surface area contributed by atoms with E-state index in [2.05, 4.69) is 29.6 Å². The fraction of sp³-hybridized carbons (Fsp3) is 0.0526. The van der Waals surface area contributed by atoms with Gasteiger partial charge in [0.1, 0.15) is 36.4 Å². The molecule has 0 saturated heterocycles. The van der Waals surface area contributed by atoms with Crippen molar-refractivity contribution in [3.63, 3.8) is 0 Å². The van der Waals surface area contributed by atoms with Crippen LogP contribution in [0.25, 0.3) is 27.6 Å². The van der Waals surface area contributed by atoms with Gasteiger partial charge in [-0.2, -0.15) is 5.26 Å². The van der Waals surface area contributed by atoms with Gasteiger partial charge in [-0.15, -0.1) is 0 Å². The van der Waals surface area contributed by atoms with Crippen LogP contribution in [0.5, 0.6) is 11.5 Å². The highest BCUT2D eigenvalue weighted by atomic mass is 16.5. The molecule has 1 amide bonds. The summed E-state index contributed by atoms with van der Waals surface area (Å²) in [6.07, 6.45) is 1.60. The summed E-state index contributed by atoms with van der Waals surface area (Å²) in [4.78, 5) is 13.2. The lowest BCUT2D eigenvalue weighted by molar-refractivity contribution is -0.112. The Labute approximate surface area is 250 Å². The van der Waals surface area contributed by atoms with Crippen LogP contribution in [-0.4, -0.2) is 5.91 Å². The second kappa shape index (κ2) is 12.8. The average molecular weight is 561 g/mol. The lowest BCUT2D eigenvalue weighted by Gasteiger charge is -2.14. The van der Waals surface area contributed by atoms with Gasteiger partial charge in [-0.3, -0.25) is 4.79 Å². The van der Waals surface area contributed by atoms with E-state index in [0.717, 1.165) is 32.7 Å². The SMILES string of the molecule is N#C/C(=C\c1c(OCc2cccc3ccccc23)ccc2ccccc12)C(=O)Nc1ccc(OCc2ccccc2)cc1. The zero-order valence-electron chi connectivity index (χ0n) is 23.4. The Morgan fingerprint density at radius 2 is 1.35 bits per heavy atom. The predicted molar refractivity (Wildman–Crippen MR) is 172 cm³/mol. The van der Waals surface area contributed by atoms with Crippen LogP contribution in [0.15, 0.2) is 139 Å². The average Bonchev–Trinajstić information content (AvgIpc) is 3.06. The van der Waals surface area contributed by atoms with Crippen molar-refractivity contribution in [2.45, 2.75) is 13.2 Å². The molecule has 0 saturated carbocycles. The van der Waals surface area contributed by atoms with Crippen molar-refractivity contribution in [3.8, 4) is 17.6 Å². The number of hydrogen-bond acceptors (Lipinski definition) is 4. The summed E-state index contributed by atoms with van der Waals surface area (Å²) in [5, 5.41) is 17.0. The summed E-state index contributed by atoms with van der Waals surface area (Å²) in [5.41, 5.74) is 3.32. The molecule has 0 bridgehead atoms. The van der Waals surface area contributed by atoms with Crippen molar-refractivity contribution in [1.82, 2.24) is 0 Å². The van der Waals surface area contributed by atoms with Crippen LogP contribution in [0.1, 0.15) is 16.7 Å².